The Morgan fingerprint density at radius 1 is 1.10 bits per heavy atom. The molecule has 2 aromatic rings. The maximum Gasteiger partial charge on any atom is 0.232 e. The number of benzene rings is 1. The molecule has 0 radical (unpaired) electrons. The Balaban J connectivity index is 1.73. The van der Waals surface area contributed by atoms with Gasteiger partial charge < -0.3 is 14.6 Å². The largest absolute Gasteiger partial charge is 0.381 e. The minimum atomic E-state index is -0.168. The standard InChI is InChI=1S/C16H19N3O2/c1-2-4-13(5-3-1)16(6-8-20-9-7-16)15-18-14(21-19-15)12-10-17-11-12/h1-5,12,17H,6-11H2. The predicted octanol–water partition coefficient (Wildman–Crippen LogP) is 1.85. The van der Waals surface area contributed by atoms with Gasteiger partial charge >= 0.3 is 0 Å². The van der Waals surface area contributed by atoms with Crippen LogP contribution in [0.3, 0.4) is 0 Å². The Labute approximate surface area is 123 Å². The van der Waals surface area contributed by atoms with Gasteiger partial charge in [0.25, 0.3) is 0 Å². The van der Waals surface area contributed by atoms with Crippen molar-refractivity contribution in [2.24, 2.45) is 0 Å². The van der Waals surface area contributed by atoms with E-state index in [1.165, 1.54) is 5.56 Å². The highest BCUT2D eigenvalue weighted by atomic mass is 16.5. The Morgan fingerprint density at radius 2 is 1.86 bits per heavy atom. The van der Waals surface area contributed by atoms with E-state index in [0.29, 0.717) is 5.92 Å². The first kappa shape index (κ1) is 13.0. The van der Waals surface area contributed by atoms with Crippen molar-refractivity contribution in [3.8, 4) is 0 Å². The van der Waals surface area contributed by atoms with Gasteiger partial charge in [-0.1, -0.05) is 35.5 Å². The Bertz CT molecular complexity index is 601. The van der Waals surface area contributed by atoms with Crippen LogP contribution in [0.15, 0.2) is 34.9 Å². The lowest BCUT2D eigenvalue weighted by atomic mass is 9.73. The zero-order valence-electron chi connectivity index (χ0n) is 11.9. The van der Waals surface area contributed by atoms with Crippen molar-refractivity contribution in [2.45, 2.75) is 24.2 Å². The fourth-order valence-corrected chi connectivity index (χ4v) is 3.18. The fourth-order valence-electron chi connectivity index (χ4n) is 3.18. The first-order chi connectivity index (χ1) is 10.4. The lowest BCUT2D eigenvalue weighted by molar-refractivity contribution is 0.0597. The molecular weight excluding hydrogens is 266 g/mol. The lowest BCUT2D eigenvalue weighted by Crippen LogP contribution is -2.40. The summed E-state index contributed by atoms with van der Waals surface area (Å²) >= 11 is 0. The quantitative estimate of drug-likeness (QED) is 0.932. The summed E-state index contributed by atoms with van der Waals surface area (Å²) in [6.45, 7) is 3.35. The summed E-state index contributed by atoms with van der Waals surface area (Å²) in [7, 11) is 0. The van der Waals surface area contributed by atoms with E-state index in [0.717, 1.165) is 50.9 Å². The van der Waals surface area contributed by atoms with E-state index in [1.54, 1.807) is 0 Å². The van der Waals surface area contributed by atoms with Crippen molar-refractivity contribution in [3.63, 3.8) is 0 Å². The third kappa shape index (κ3) is 2.17. The van der Waals surface area contributed by atoms with Gasteiger partial charge in [-0.3, -0.25) is 0 Å². The molecule has 3 heterocycles. The highest BCUT2D eigenvalue weighted by Gasteiger charge is 2.41. The monoisotopic (exact) mass is 285 g/mol. The number of rotatable bonds is 3. The molecule has 2 aliphatic heterocycles. The van der Waals surface area contributed by atoms with Crippen LogP contribution in [-0.4, -0.2) is 36.4 Å². The summed E-state index contributed by atoms with van der Waals surface area (Å²) in [6, 6.07) is 10.5. The second-order valence-electron chi connectivity index (χ2n) is 5.87. The van der Waals surface area contributed by atoms with E-state index in [1.807, 2.05) is 6.07 Å². The van der Waals surface area contributed by atoms with Crippen LogP contribution in [0.25, 0.3) is 0 Å². The van der Waals surface area contributed by atoms with Gasteiger partial charge in [-0.2, -0.15) is 4.98 Å². The van der Waals surface area contributed by atoms with E-state index < -0.39 is 0 Å². The Hall–Kier alpha value is -1.72. The highest BCUT2D eigenvalue weighted by Crippen LogP contribution is 2.40. The molecular formula is C16H19N3O2. The van der Waals surface area contributed by atoms with Gasteiger partial charge in [-0.15, -0.1) is 0 Å². The van der Waals surface area contributed by atoms with Crippen LogP contribution in [0.1, 0.15) is 36.0 Å². The van der Waals surface area contributed by atoms with Crippen LogP contribution < -0.4 is 5.32 Å². The molecule has 0 unspecified atom stereocenters. The molecule has 21 heavy (non-hydrogen) atoms. The minimum Gasteiger partial charge on any atom is -0.381 e. The maximum atomic E-state index is 5.56. The number of ether oxygens (including phenoxy) is 1. The molecule has 1 aromatic heterocycles. The van der Waals surface area contributed by atoms with Gasteiger partial charge in [0.2, 0.25) is 5.89 Å². The molecule has 110 valence electrons. The topological polar surface area (TPSA) is 60.2 Å². The van der Waals surface area contributed by atoms with E-state index >= 15 is 0 Å². The molecule has 0 bridgehead atoms. The van der Waals surface area contributed by atoms with Crippen LogP contribution in [0, 0.1) is 0 Å². The van der Waals surface area contributed by atoms with Crippen molar-refractivity contribution in [1.29, 1.82) is 0 Å². The number of hydrogen-bond donors (Lipinski definition) is 1. The van der Waals surface area contributed by atoms with Crippen LogP contribution in [0.5, 0.6) is 0 Å². The lowest BCUT2D eigenvalue weighted by Gasteiger charge is -2.34. The summed E-state index contributed by atoms with van der Waals surface area (Å²) in [5, 5.41) is 7.56. The molecule has 5 nitrogen and oxygen atoms in total. The van der Waals surface area contributed by atoms with Crippen molar-refractivity contribution in [2.75, 3.05) is 26.3 Å². The molecule has 0 atom stereocenters. The van der Waals surface area contributed by atoms with Crippen LogP contribution in [0.2, 0.25) is 0 Å². The van der Waals surface area contributed by atoms with E-state index in [9.17, 15) is 0 Å². The summed E-state index contributed by atoms with van der Waals surface area (Å²) in [5.74, 6) is 1.96. The van der Waals surface area contributed by atoms with Crippen molar-refractivity contribution in [1.82, 2.24) is 15.5 Å². The Kier molecular flexibility index (Phi) is 3.24. The van der Waals surface area contributed by atoms with Crippen LogP contribution >= 0.6 is 0 Å². The van der Waals surface area contributed by atoms with Gasteiger partial charge in [-0.25, -0.2) is 0 Å². The molecule has 2 saturated heterocycles. The average molecular weight is 285 g/mol. The summed E-state index contributed by atoms with van der Waals surface area (Å²) < 4.78 is 11.1. The summed E-state index contributed by atoms with van der Waals surface area (Å²) in [5.41, 5.74) is 1.09. The molecule has 0 aliphatic carbocycles. The first-order valence-electron chi connectivity index (χ1n) is 7.56. The number of aromatic nitrogens is 2. The SMILES string of the molecule is c1ccc(C2(c3noc(C4CNC4)n3)CCOCC2)cc1. The molecule has 2 fully saturated rings. The second-order valence-corrected chi connectivity index (χ2v) is 5.87. The third-order valence-corrected chi connectivity index (χ3v) is 4.67. The van der Waals surface area contributed by atoms with Gasteiger partial charge in [0.05, 0.1) is 11.3 Å². The number of hydrogen-bond acceptors (Lipinski definition) is 5. The number of nitrogens with one attached hydrogen (secondary N) is 1. The minimum absolute atomic E-state index is 0.168. The normalized spacial score (nSPS) is 21.9. The zero-order valence-corrected chi connectivity index (χ0v) is 11.9. The predicted molar refractivity (Wildman–Crippen MR) is 77.2 cm³/mol. The highest BCUT2D eigenvalue weighted by molar-refractivity contribution is 5.33. The Morgan fingerprint density at radius 3 is 2.52 bits per heavy atom. The average Bonchev–Trinajstić information content (AvgIpc) is 2.97. The first-order valence-corrected chi connectivity index (χ1v) is 7.56. The van der Waals surface area contributed by atoms with Gasteiger partial charge in [0, 0.05) is 26.3 Å². The molecule has 0 spiro atoms. The van der Waals surface area contributed by atoms with Crippen LogP contribution in [0.4, 0.5) is 0 Å². The zero-order chi connectivity index (χ0) is 14.1. The molecule has 1 aromatic carbocycles. The van der Waals surface area contributed by atoms with Crippen molar-refractivity contribution in [3.05, 3.63) is 47.6 Å². The van der Waals surface area contributed by atoms with Gasteiger partial charge in [0.15, 0.2) is 5.82 Å². The molecule has 2 aliphatic rings. The maximum absolute atomic E-state index is 5.56. The molecule has 0 saturated carbocycles. The van der Waals surface area contributed by atoms with E-state index in [-0.39, 0.29) is 5.41 Å². The smallest absolute Gasteiger partial charge is 0.232 e. The molecule has 4 rings (SSSR count). The van der Waals surface area contributed by atoms with Gasteiger partial charge in [0.1, 0.15) is 0 Å². The summed E-state index contributed by atoms with van der Waals surface area (Å²) in [4.78, 5) is 4.73. The fraction of sp³-hybridized carbons (Fsp3) is 0.500. The molecule has 1 N–H and O–H groups in total. The number of nitrogens with zero attached hydrogens (tertiary/aromatic N) is 2. The van der Waals surface area contributed by atoms with E-state index in [2.05, 4.69) is 34.7 Å². The van der Waals surface area contributed by atoms with Gasteiger partial charge in [-0.05, 0) is 18.4 Å². The van der Waals surface area contributed by atoms with E-state index in [4.69, 9.17) is 14.2 Å². The summed E-state index contributed by atoms with van der Waals surface area (Å²) in [6.07, 6.45) is 1.80. The second kappa shape index (κ2) is 5.24. The van der Waals surface area contributed by atoms with Crippen molar-refractivity contribution >= 4 is 0 Å². The third-order valence-electron chi connectivity index (χ3n) is 4.67. The molecule has 0 amide bonds. The van der Waals surface area contributed by atoms with Crippen LogP contribution in [-0.2, 0) is 10.2 Å². The van der Waals surface area contributed by atoms with Crippen molar-refractivity contribution < 1.29 is 9.26 Å². The molecule has 5 heteroatoms.